The van der Waals surface area contributed by atoms with Crippen molar-refractivity contribution in [1.29, 1.82) is 0 Å². The molecule has 1 saturated carbocycles. The molecule has 0 radical (unpaired) electrons. The van der Waals surface area contributed by atoms with E-state index in [1.54, 1.807) is 4.68 Å². The van der Waals surface area contributed by atoms with Gasteiger partial charge in [0.05, 0.1) is 12.2 Å². The van der Waals surface area contributed by atoms with Crippen LogP contribution in [0.5, 0.6) is 0 Å². The minimum Gasteiger partial charge on any atom is -0.340 e. The molecule has 4 rings (SSSR count). The highest BCUT2D eigenvalue weighted by Crippen LogP contribution is 2.29. The third-order valence-electron chi connectivity index (χ3n) is 5.63. The van der Waals surface area contributed by atoms with Crippen molar-refractivity contribution in [2.24, 2.45) is 5.92 Å². The number of rotatable bonds is 3. The van der Waals surface area contributed by atoms with Crippen LogP contribution in [0.2, 0.25) is 0 Å². The molecular formula is C18H22F3N5OS. The van der Waals surface area contributed by atoms with Crippen molar-refractivity contribution >= 4 is 23.8 Å². The first-order valence-corrected chi connectivity index (χ1v) is 9.91. The molecule has 0 N–H and O–H groups in total. The Morgan fingerprint density at radius 3 is 2.46 bits per heavy atom. The average molecular weight is 413 g/mol. The lowest BCUT2D eigenvalue weighted by Crippen LogP contribution is -2.50. The van der Waals surface area contributed by atoms with E-state index in [0.29, 0.717) is 38.5 Å². The molecule has 1 aliphatic carbocycles. The van der Waals surface area contributed by atoms with E-state index in [2.05, 4.69) is 10.00 Å². The summed E-state index contributed by atoms with van der Waals surface area (Å²) in [5, 5.41) is 4.33. The van der Waals surface area contributed by atoms with Crippen LogP contribution in [0.25, 0.3) is 5.65 Å². The van der Waals surface area contributed by atoms with Gasteiger partial charge >= 0.3 is 6.18 Å². The molecule has 2 aromatic heterocycles. The lowest BCUT2D eigenvalue weighted by atomic mass is 10.1. The molecule has 0 atom stereocenters. The van der Waals surface area contributed by atoms with Crippen molar-refractivity contribution in [3.05, 3.63) is 28.7 Å². The van der Waals surface area contributed by atoms with Crippen molar-refractivity contribution in [1.82, 2.24) is 24.0 Å². The van der Waals surface area contributed by atoms with Crippen molar-refractivity contribution < 1.29 is 18.0 Å². The zero-order chi connectivity index (χ0) is 19.9. The fourth-order valence-electron chi connectivity index (χ4n) is 4.01. The van der Waals surface area contributed by atoms with E-state index in [4.69, 9.17) is 12.2 Å². The molecular weight excluding hydrogens is 391 g/mol. The van der Waals surface area contributed by atoms with Gasteiger partial charge in [-0.2, -0.15) is 18.3 Å². The second-order valence-electron chi connectivity index (χ2n) is 7.49. The molecule has 1 amide bonds. The zero-order valence-corrected chi connectivity index (χ0v) is 16.2. The van der Waals surface area contributed by atoms with E-state index >= 15 is 0 Å². The molecule has 1 saturated heterocycles. The fraction of sp³-hybridized carbons (Fsp3) is 0.611. The highest BCUT2D eigenvalue weighted by Gasteiger charge is 2.31. The van der Waals surface area contributed by atoms with Crippen LogP contribution in [0.4, 0.5) is 13.2 Å². The molecule has 152 valence electrons. The van der Waals surface area contributed by atoms with Crippen LogP contribution in [0, 0.1) is 10.7 Å². The number of hydrogen-bond donors (Lipinski definition) is 0. The predicted octanol–water partition coefficient (Wildman–Crippen LogP) is 3.18. The number of piperazine rings is 1. The first-order chi connectivity index (χ1) is 13.3. The van der Waals surface area contributed by atoms with Gasteiger partial charge in [0.25, 0.3) is 0 Å². The van der Waals surface area contributed by atoms with Crippen LogP contribution < -0.4 is 0 Å². The molecule has 2 aliphatic rings. The van der Waals surface area contributed by atoms with Crippen LogP contribution in [0.3, 0.4) is 0 Å². The highest BCUT2D eigenvalue weighted by molar-refractivity contribution is 7.71. The second kappa shape index (κ2) is 7.47. The molecule has 28 heavy (non-hydrogen) atoms. The summed E-state index contributed by atoms with van der Waals surface area (Å²) in [6.07, 6.45) is 0.828. The number of pyridine rings is 1. The molecule has 0 spiro atoms. The normalized spacial score (nSPS) is 19.6. The van der Waals surface area contributed by atoms with Crippen LogP contribution >= 0.6 is 12.2 Å². The topological polar surface area (TPSA) is 45.8 Å². The molecule has 1 aliphatic heterocycles. The van der Waals surface area contributed by atoms with Crippen LogP contribution in [0.15, 0.2) is 18.3 Å². The average Bonchev–Trinajstić information content (AvgIpc) is 3.30. The summed E-state index contributed by atoms with van der Waals surface area (Å²) >= 11 is 5.32. The number of alkyl halides is 3. The lowest BCUT2D eigenvalue weighted by Gasteiger charge is -2.35. The van der Waals surface area contributed by atoms with Gasteiger partial charge in [-0.25, -0.2) is 4.68 Å². The summed E-state index contributed by atoms with van der Waals surface area (Å²) in [6.45, 7) is 3.11. The third-order valence-corrected chi connectivity index (χ3v) is 6.03. The second-order valence-corrected chi connectivity index (χ2v) is 7.86. The molecule has 0 aromatic carbocycles. The Labute approximate surface area is 165 Å². The van der Waals surface area contributed by atoms with E-state index in [0.717, 1.165) is 37.9 Å². The molecule has 3 heterocycles. The van der Waals surface area contributed by atoms with Crippen LogP contribution in [0.1, 0.15) is 31.2 Å². The lowest BCUT2D eigenvalue weighted by molar-refractivity contribution is -0.138. The maximum atomic E-state index is 12.9. The number of aromatic nitrogens is 3. The maximum Gasteiger partial charge on any atom is 0.417 e. The summed E-state index contributed by atoms with van der Waals surface area (Å²) in [4.78, 5) is 16.6. The fourth-order valence-corrected chi connectivity index (χ4v) is 4.25. The van der Waals surface area contributed by atoms with Gasteiger partial charge < -0.3 is 4.90 Å². The Morgan fingerprint density at radius 1 is 1.14 bits per heavy atom. The van der Waals surface area contributed by atoms with Gasteiger partial charge in [-0.15, -0.1) is 0 Å². The van der Waals surface area contributed by atoms with Gasteiger partial charge in [-0.1, -0.05) is 12.8 Å². The van der Waals surface area contributed by atoms with Gasteiger partial charge in [0.1, 0.15) is 0 Å². The minimum absolute atomic E-state index is 0.182. The van der Waals surface area contributed by atoms with E-state index < -0.39 is 11.7 Å². The number of carbonyl (C=O) groups is 1. The number of carbonyl (C=O) groups excluding carboxylic acids is 1. The van der Waals surface area contributed by atoms with Crippen molar-refractivity contribution in [3.8, 4) is 0 Å². The third kappa shape index (κ3) is 3.80. The van der Waals surface area contributed by atoms with Crippen molar-refractivity contribution in [2.75, 3.05) is 26.2 Å². The number of nitrogens with zero attached hydrogens (tertiary/aromatic N) is 5. The minimum atomic E-state index is -4.42. The molecule has 6 nitrogen and oxygen atoms in total. The summed E-state index contributed by atoms with van der Waals surface area (Å²) in [5.74, 6) is 0.447. The summed E-state index contributed by atoms with van der Waals surface area (Å²) in [7, 11) is 0. The van der Waals surface area contributed by atoms with Gasteiger partial charge in [-0.3, -0.25) is 14.1 Å². The highest BCUT2D eigenvalue weighted by atomic mass is 32.1. The van der Waals surface area contributed by atoms with E-state index in [1.165, 1.54) is 10.5 Å². The summed E-state index contributed by atoms with van der Waals surface area (Å²) in [5.41, 5.74) is -0.372. The Hall–Kier alpha value is -1.94. The Balaban J connectivity index is 1.42. The number of hydrogen-bond acceptors (Lipinski definition) is 4. The van der Waals surface area contributed by atoms with Crippen molar-refractivity contribution in [3.63, 3.8) is 0 Å². The number of halogens is 3. The standard InChI is InChI=1S/C18H22F3N5OS/c19-18(20,21)14-5-6-15-22-26(17(28)25(15)11-14)12-23-7-9-24(10-8-23)16(27)13-3-1-2-4-13/h5-6,11,13H,1-4,7-10,12H2. The van der Waals surface area contributed by atoms with Crippen LogP contribution in [-0.2, 0) is 17.6 Å². The van der Waals surface area contributed by atoms with E-state index in [-0.39, 0.29) is 16.6 Å². The predicted molar refractivity (Wildman–Crippen MR) is 99.1 cm³/mol. The van der Waals surface area contributed by atoms with Crippen molar-refractivity contribution in [2.45, 2.75) is 38.5 Å². The first-order valence-electron chi connectivity index (χ1n) is 9.50. The zero-order valence-electron chi connectivity index (χ0n) is 15.4. The van der Waals surface area contributed by atoms with E-state index in [9.17, 15) is 18.0 Å². The molecule has 2 aromatic rings. The monoisotopic (exact) mass is 413 g/mol. The first kappa shape index (κ1) is 19.4. The molecule has 10 heteroatoms. The number of amides is 1. The summed E-state index contributed by atoms with van der Waals surface area (Å²) < 4.78 is 41.8. The van der Waals surface area contributed by atoms with Gasteiger partial charge in [0.2, 0.25) is 10.7 Å². The smallest absolute Gasteiger partial charge is 0.340 e. The van der Waals surface area contributed by atoms with Gasteiger partial charge in [-0.05, 0) is 37.2 Å². The Bertz CT molecular complexity index is 923. The quantitative estimate of drug-likeness (QED) is 0.726. The van der Waals surface area contributed by atoms with E-state index in [1.807, 2.05) is 4.90 Å². The van der Waals surface area contributed by atoms with Gasteiger partial charge in [0.15, 0.2) is 5.65 Å². The largest absolute Gasteiger partial charge is 0.417 e. The Kier molecular flexibility index (Phi) is 5.17. The van der Waals surface area contributed by atoms with Gasteiger partial charge in [0, 0.05) is 38.3 Å². The molecule has 0 unspecified atom stereocenters. The maximum absolute atomic E-state index is 12.9. The molecule has 2 fully saturated rings. The SMILES string of the molecule is O=C(C1CCCC1)N1CCN(Cn2nc3ccc(C(F)(F)F)cn3c2=S)CC1. The summed E-state index contributed by atoms with van der Waals surface area (Å²) in [6, 6.07) is 2.34. The van der Waals surface area contributed by atoms with Crippen LogP contribution in [-0.4, -0.2) is 56.1 Å². The Morgan fingerprint density at radius 2 is 1.82 bits per heavy atom. The molecule has 0 bridgehead atoms. The number of fused-ring (bicyclic) bond motifs is 1.